The van der Waals surface area contributed by atoms with Gasteiger partial charge in [-0.05, 0) is 37.1 Å². The molecule has 1 aliphatic carbocycles. The van der Waals surface area contributed by atoms with Gasteiger partial charge < -0.3 is 10.4 Å². The smallest absolute Gasteiger partial charge is 0.304 e. The van der Waals surface area contributed by atoms with Gasteiger partial charge in [0.25, 0.3) is 0 Å². The lowest BCUT2D eigenvalue weighted by Gasteiger charge is -2.20. The average molecular weight is 341 g/mol. The highest BCUT2D eigenvalue weighted by Crippen LogP contribution is 2.26. The molecule has 0 radical (unpaired) electrons. The van der Waals surface area contributed by atoms with Crippen LogP contribution in [0.2, 0.25) is 0 Å². The van der Waals surface area contributed by atoms with Crippen molar-refractivity contribution in [2.75, 3.05) is 18.4 Å². The van der Waals surface area contributed by atoms with Gasteiger partial charge in [-0.2, -0.15) is 0 Å². The Bertz CT molecular complexity index is 486. The van der Waals surface area contributed by atoms with Crippen LogP contribution in [0.1, 0.15) is 19.3 Å². The second-order valence-electron chi connectivity index (χ2n) is 4.90. The third-order valence-electron chi connectivity index (χ3n) is 3.15. The fraction of sp³-hybridized carbons (Fsp3) is 0.429. The van der Waals surface area contributed by atoms with Gasteiger partial charge in [-0.15, -0.1) is 0 Å². The molecule has 20 heavy (non-hydrogen) atoms. The number of rotatable bonds is 7. The number of halogens is 1. The number of nitrogens with one attached hydrogen (secondary N) is 1. The first kappa shape index (κ1) is 15.0. The molecule has 6 heteroatoms. The Morgan fingerprint density at radius 1 is 1.30 bits per heavy atom. The summed E-state index contributed by atoms with van der Waals surface area (Å²) in [6.45, 7) is 0.668. The van der Waals surface area contributed by atoms with E-state index in [0.717, 1.165) is 23.0 Å². The summed E-state index contributed by atoms with van der Waals surface area (Å²) in [4.78, 5) is 24.5. The van der Waals surface area contributed by atoms with Crippen LogP contribution in [-0.2, 0) is 9.59 Å². The van der Waals surface area contributed by atoms with Crippen molar-refractivity contribution in [3.63, 3.8) is 0 Å². The number of carbonyl (C=O) groups is 2. The van der Waals surface area contributed by atoms with Crippen LogP contribution in [0.15, 0.2) is 28.7 Å². The van der Waals surface area contributed by atoms with Crippen molar-refractivity contribution in [1.29, 1.82) is 0 Å². The molecule has 5 nitrogen and oxygen atoms in total. The maximum atomic E-state index is 12.0. The number of hydrogen-bond donors (Lipinski definition) is 2. The molecule has 0 aliphatic heterocycles. The zero-order valence-electron chi connectivity index (χ0n) is 11.0. The normalized spacial score (nSPS) is 14.3. The molecular formula is C14H17BrN2O3. The standard InChI is InChI=1S/C14H17BrN2O3/c15-10-1-3-11(4-2-10)16-13(18)9-17(12-5-6-12)8-7-14(19)20/h1-4,12H,5-9H2,(H,16,18)(H,19,20). The van der Waals surface area contributed by atoms with Crippen LogP contribution in [0.3, 0.4) is 0 Å². The van der Waals surface area contributed by atoms with Crippen molar-refractivity contribution in [2.45, 2.75) is 25.3 Å². The predicted octanol–water partition coefficient (Wildman–Crippen LogP) is 2.33. The molecule has 2 N–H and O–H groups in total. The number of anilines is 1. The fourth-order valence-electron chi connectivity index (χ4n) is 1.99. The Labute approximate surface area is 126 Å². The minimum atomic E-state index is -0.830. The molecule has 1 saturated carbocycles. The minimum absolute atomic E-state index is 0.0715. The molecule has 2 rings (SSSR count). The first-order valence-electron chi connectivity index (χ1n) is 6.56. The van der Waals surface area contributed by atoms with E-state index >= 15 is 0 Å². The minimum Gasteiger partial charge on any atom is -0.481 e. The van der Waals surface area contributed by atoms with Crippen LogP contribution in [0, 0.1) is 0 Å². The second-order valence-corrected chi connectivity index (χ2v) is 5.82. The van der Waals surface area contributed by atoms with Crippen LogP contribution in [0.5, 0.6) is 0 Å². The third-order valence-corrected chi connectivity index (χ3v) is 3.68. The topological polar surface area (TPSA) is 69.6 Å². The number of nitrogens with zero attached hydrogens (tertiary/aromatic N) is 1. The van der Waals surface area contributed by atoms with Crippen molar-refractivity contribution < 1.29 is 14.7 Å². The van der Waals surface area contributed by atoms with E-state index in [-0.39, 0.29) is 18.9 Å². The van der Waals surface area contributed by atoms with E-state index in [1.807, 2.05) is 29.2 Å². The second kappa shape index (κ2) is 6.85. The molecule has 1 aromatic rings. The maximum absolute atomic E-state index is 12.0. The van der Waals surface area contributed by atoms with Crippen LogP contribution in [0.25, 0.3) is 0 Å². The van der Waals surface area contributed by atoms with Crippen LogP contribution in [0.4, 0.5) is 5.69 Å². The quantitative estimate of drug-likeness (QED) is 0.799. The van der Waals surface area contributed by atoms with Gasteiger partial charge in [0.2, 0.25) is 5.91 Å². The molecule has 1 aliphatic rings. The van der Waals surface area contributed by atoms with Crippen LogP contribution < -0.4 is 5.32 Å². The van der Waals surface area contributed by atoms with Crippen molar-refractivity contribution in [1.82, 2.24) is 4.90 Å². The van der Waals surface area contributed by atoms with Gasteiger partial charge in [0, 0.05) is 22.7 Å². The molecule has 0 atom stereocenters. The highest BCUT2D eigenvalue weighted by Gasteiger charge is 2.30. The Morgan fingerprint density at radius 3 is 2.50 bits per heavy atom. The Balaban J connectivity index is 1.84. The monoisotopic (exact) mass is 340 g/mol. The number of carbonyl (C=O) groups excluding carboxylic acids is 1. The molecule has 0 saturated heterocycles. The zero-order chi connectivity index (χ0) is 14.5. The van der Waals surface area contributed by atoms with E-state index in [0.29, 0.717) is 12.6 Å². The van der Waals surface area contributed by atoms with E-state index in [4.69, 9.17) is 5.11 Å². The van der Waals surface area contributed by atoms with Gasteiger partial charge in [-0.25, -0.2) is 0 Å². The van der Waals surface area contributed by atoms with E-state index in [1.54, 1.807) is 0 Å². The average Bonchev–Trinajstić information content (AvgIpc) is 3.21. The third kappa shape index (κ3) is 4.94. The fourth-order valence-corrected chi connectivity index (χ4v) is 2.25. The summed E-state index contributed by atoms with van der Waals surface area (Å²) in [7, 11) is 0. The zero-order valence-corrected chi connectivity index (χ0v) is 12.6. The van der Waals surface area contributed by atoms with Gasteiger partial charge in [0.05, 0.1) is 13.0 Å². The summed E-state index contributed by atoms with van der Waals surface area (Å²) in [6.07, 6.45) is 2.17. The SMILES string of the molecule is O=C(O)CCN(CC(=O)Nc1ccc(Br)cc1)C1CC1. The van der Waals surface area contributed by atoms with E-state index in [1.165, 1.54) is 0 Å². The van der Waals surface area contributed by atoms with Crippen molar-refractivity contribution >= 4 is 33.5 Å². The summed E-state index contributed by atoms with van der Waals surface area (Å²) in [5.74, 6) is -0.937. The first-order valence-corrected chi connectivity index (χ1v) is 7.35. The van der Waals surface area contributed by atoms with E-state index in [9.17, 15) is 9.59 Å². The van der Waals surface area contributed by atoms with Crippen LogP contribution >= 0.6 is 15.9 Å². The molecule has 1 aromatic carbocycles. The Kier molecular flexibility index (Phi) is 5.14. The molecule has 0 unspecified atom stereocenters. The Morgan fingerprint density at radius 2 is 1.95 bits per heavy atom. The summed E-state index contributed by atoms with van der Waals surface area (Å²) in [6, 6.07) is 7.73. The largest absolute Gasteiger partial charge is 0.481 e. The highest BCUT2D eigenvalue weighted by molar-refractivity contribution is 9.10. The lowest BCUT2D eigenvalue weighted by atomic mass is 10.3. The molecule has 0 bridgehead atoms. The predicted molar refractivity (Wildman–Crippen MR) is 79.6 cm³/mol. The summed E-state index contributed by atoms with van der Waals surface area (Å²) in [5.41, 5.74) is 0.743. The number of aliphatic carboxylic acids is 1. The van der Waals surface area contributed by atoms with Crippen LogP contribution in [-0.4, -0.2) is 41.0 Å². The summed E-state index contributed by atoms with van der Waals surface area (Å²) in [5, 5.41) is 11.5. The van der Waals surface area contributed by atoms with E-state index < -0.39 is 5.97 Å². The maximum Gasteiger partial charge on any atom is 0.304 e. The highest BCUT2D eigenvalue weighted by atomic mass is 79.9. The van der Waals surface area contributed by atoms with Gasteiger partial charge >= 0.3 is 5.97 Å². The Hall–Kier alpha value is -1.40. The van der Waals surface area contributed by atoms with Gasteiger partial charge in [0.15, 0.2) is 0 Å². The van der Waals surface area contributed by atoms with Crippen molar-refractivity contribution in [2.24, 2.45) is 0 Å². The lowest BCUT2D eigenvalue weighted by molar-refractivity contribution is -0.137. The summed E-state index contributed by atoms with van der Waals surface area (Å²) < 4.78 is 0.955. The van der Waals surface area contributed by atoms with Gasteiger partial charge in [-0.1, -0.05) is 15.9 Å². The van der Waals surface area contributed by atoms with E-state index in [2.05, 4.69) is 21.2 Å². The number of amides is 1. The molecule has 1 amide bonds. The molecule has 0 spiro atoms. The number of carboxylic acid groups (broad SMARTS) is 1. The molecule has 0 heterocycles. The lowest BCUT2D eigenvalue weighted by Crippen LogP contribution is -2.36. The number of carboxylic acids is 1. The molecule has 0 aromatic heterocycles. The molecule has 1 fully saturated rings. The van der Waals surface area contributed by atoms with Gasteiger partial charge in [0.1, 0.15) is 0 Å². The van der Waals surface area contributed by atoms with Gasteiger partial charge in [-0.3, -0.25) is 14.5 Å². The van der Waals surface area contributed by atoms with Crippen molar-refractivity contribution in [3.8, 4) is 0 Å². The molecule has 108 valence electrons. The number of benzene rings is 1. The number of hydrogen-bond acceptors (Lipinski definition) is 3. The van der Waals surface area contributed by atoms with Crippen molar-refractivity contribution in [3.05, 3.63) is 28.7 Å². The first-order chi connectivity index (χ1) is 9.54. The summed E-state index contributed by atoms with van der Waals surface area (Å²) >= 11 is 3.34. The molecular weight excluding hydrogens is 324 g/mol.